The number of hydrogen-bond acceptors (Lipinski definition) is 1. The molecular formula is C22H26BrClN2. The van der Waals surface area contributed by atoms with Crippen molar-refractivity contribution in [2.75, 3.05) is 6.54 Å². The van der Waals surface area contributed by atoms with E-state index in [0.29, 0.717) is 0 Å². The molecule has 26 heavy (non-hydrogen) atoms. The first-order chi connectivity index (χ1) is 12.3. The molecule has 0 aliphatic rings. The smallest absolute Gasteiger partial charge is 0.0607 e. The van der Waals surface area contributed by atoms with Crippen LogP contribution in [-0.4, -0.2) is 11.5 Å². The summed E-state index contributed by atoms with van der Waals surface area (Å²) in [5, 5.41) is 1.94. The van der Waals surface area contributed by atoms with E-state index in [1.54, 1.807) is 0 Å². The number of nitrogens with one attached hydrogen (secondary N) is 1. The summed E-state index contributed by atoms with van der Waals surface area (Å²) >= 11 is 9.97. The van der Waals surface area contributed by atoms with Crippen LogP contribution in [0.5, 0.6) is 0 Å². The second-order valence-electron chi connectivity index (χ2n) is 7.86. The number of aromatic amines is 1. The number of aromatic nitrogens is 1. The molecular weight excluding hydrogens is 408 g/mol. The molecule has 0 bridgehead atoms. The van der Waals surface area contributed by atoms with Crippen molar-refractivity contribution in [2.45, 2.75) is 45.4 Å². The number of halogens is 2. The standard InChI is InChI=1S/C22H26BrClN2/c1-22(2,3)15-9-7-14(8-10-15)20-17(6-4-5-11-25)18-12-16(24)13-19(23)21(18)26-20/h7-10,12-13,26H,4-6,11,25H2,1-3H3. The lowest BCUT2D eigenvalue weighted by Crippen LogP contribution is -2.10. The van der Waals surface area contributed by atoms with Crippen LogP contribution in [-0.2, 0) is 11.8 Å². The Hall–Kier alpha value is -1.29. The molecule has 0 saturated heterocycles. The zero-order valence-electron chi connectivity index (χ0n) is 15.6. The highest BCUT2D eigenvalue weighted by Gasteiger charge is 2.17. The molecule has 0 atom stereocenters. The van der Waals surface area contributed by atoms with Crippen molar-refractivity contribution in [3.05, 3.63) is 57.0 Å². The lowest BCUT2D eigenvalue weighted by atomic mass is 9.86. The maximum atomic E-state index is 6.32. The first kappa shape index (κ1) is 19.5. The molecule has 3 aromatic rings. The van der Waals surface area contributed by atoms with Gasteiger partial charge in [0.1, 0.15) is 0 Å². The van der Waals surface area contributed by atoms with Crippen molar-refractivity contribution < 1.29 is 0 Å². The average Bonchev–Trinajstić information content (AvgIpc) is 2.93. The Labute approximate surface area is 169 Å². The maximum Gasteiger partial charge on any atom is 0.0607 e. The molecule has 0 saturated carbocycles. The zero-order chi connectivity index (χ0) is 18.9. The van der Waals surface area contributed by atoms with Crippen molar-refractivity contribution in [3.8, 4) is 11.3 Å². The minimum absolute atomic E-state index is 0.152. The van der Waals surface area contributed by atoms with Gasteiger partial charge in [0.2, 0.25) is 0 Å². The molecule has 0 spiro atoms. The Morgan fingerprint density at radius 3 is 2.38 bits per heavy atom. The van der Waals surface area contributed by atoms with Crippen LogP contribution in [0.15, 0.2) is 40.9 Å². The van der Waals surface area contributed by atoms with E-state index >= 15 is 0 Å². The van der Waals surface area contributed by atoms with Crippen LogP contribution >= 0.6 is 27.5 Å². The van der Waals surface area contributed by atoms with Gasteiger partial charge in [-0.25, -0.2) is 0 Å². The van der Waals surface area contributed by atoms with Gasteiger partial charge in [-0.05, 0) is 76.0 Å². The van der Waals surface area contributed by atoms with Gasteiger partial charge in [-0.15, -0.1) is 0 Å². The molecule has 0 fully saturated rings. The number of H-pyrrole nitrogens is 1. The van der Waals surface area contributed by atoms with Crippen molar-refractivity contribution in [3.63, 3.8) is 0 Å². The molecule has 3 N–H and O–H groups in total. The van der Waals surface area contributed by atoms with Gasteiger partial charge in [0, 0.05) is 20.6 Å². The molecule has 0 amide bonds. The SMILES string of the molecule is CC(C)(C)c1ccc(-c2[nH]c3c(Br)cc(Cl)cc3c2CCCCN)cc1. The predicted octanol–water partition coefficient (Wildman–Crippen LogP) is 6.83. The summed E-state index contributed by atoms with van der Waals surface area (Å²) in [6, 6.07) is 12.9. The highest BCUT2D eigenvalue weighted by molar-refractivity contribution is 9.10. The van der Waals surface area contributed by atoms with Crippen molar-refractivity contribution in [1.29, 1.82) is 0 Å². The van der Waals surface area contributed by atoms with Gasteiger partial charge in [0.15, 0.2) is 0 Å². The Morgan fingerprint density at radius 2 is 1.77 bits per heavy atom. The molecule has 1 aromatic heterocycles. The number of benzene rings is 2. The summed E-state index contributed by atoms with van der Waals surface area (Å²) in [7, 11) is 0. The summed E-state index contributed by atoms with van der Waals surface area (Å²) in [6.45, 7) is 7.44. The molecule has 1 heterocycles. The monoisotopic (exact) mass is 432 g/mol. The van der Waals surface area contributed by atoms with Crippen LogP contribution in [0.4, 0.5) is 0 Å². The van der Waals surface area contributed by atoms with Gasteiger partial charge in [0.05, 0.1) is 5.52 Å². The Bertz CT molecular complexity index is 905. The van der Waals surface area contributed by atoms with Gasteiger partial charge >= 0.3 is 0 Å². The molecule has 0 unspecified atom stereocenters. The van der Waals surface area contributed by atoms with Crippen molar-refractivity contribution in [1.82, 2.24) is 4.98 Å². The molecule has 2 aromatic carbocycles. The summed E-state index contributed by atoms with van der Waals surface area (Å²) in [5.41, 5.74) is 12.0. The number of unbranched alkanes of at least 4 members (excludes halogenated alkanes) is 1. The molecule has 0 aliphatic carbocycles. The Kier molecular flexibility index (Phi) is 5.81. The minimum Gasteiger partial charge on any atom is -0.353 e. The fraction of sp³-hybridized carbons (Fsp3) is 0.364. The van der Waals surface area contributed by atoms with E-state index in [9.17, 15) is 0 Å². The first-order valence-electron chi connectivity index (χ1n) is 9.12. The van der Waals surface area contributed by atoms with Crippen LogP contribution in [0.25, 0.3) is 22.2 Å². The summed E-state index contributed by atoms with van der Waals surface area (Å²) in [5.74, 6) is 0. The van der Waals surface area contributed by atoms with Crippen LogP contribution < -0.4 is 5.73 Å². The number of hydrogen-bond donors (Lipinski definition) is 2. The second kappa shape index (κ2) is 7.75. The molecule has 2 nitrogen and oxygen atoms in total. The normalized spacial score (nSPS) is 12.1. The highest BCUT2D eigenvalue weighted by atomic mass is 79.9. The number of nitrogens with two attached hydrogens (primary N) is 1. The third-order valence-corrected chi connectivity index (χ3v) is 5.70. The van der Waals surface area contributed by atoms with Gasteiger partial charge < -0.3 is 10.7 Å². The summed E-state index contributed by atoms with van der Waals surface area (Å²) < 4.78 is 0.998. The van der Waals surface area contributed by atoms with E-state index in [4.69, 9.17) is 17.3 Å². The molecule has 0 radical (unpaired) electrons. The van der Waals surface area contributed by atoms with Crippen LogP contribution in [0, 0.1) is 0 Å². The van der Waals surface area contributed by atoms with E-state index in [0.717, 1.165) is 40.8 Å². The van der Waals surface area contributed by atoms with E-state index in [1.165, 1.54) is 27.8 Å². The third kappa shape index (κ3) is 4.00. The largest absolute Gasteiger partial charge is 0.353 e. The van der Waals surface area contributed by atoms with Crippen molar-refractivity contribution in [2.24, 2.45) is 5.73 Å². The quantitative estimate of drug-likeness (QED) is 0.425. The average molecular weight is 434 g/mol. The topological polar surface area (TPSA) is 41.8 Å². The summed E-state index contributed by atoms with van der Waals surface area (Å²) in [6.07, 6.45) is 3.08. The minimum atomic E-state index is 0.152. The van der Waals surface area contributed by atoms with Crippen molar-refractivity contribution >= 4 is 38.4 Å². The third-order valence-electron chi connectivity index (χ3n) is 4.85. The van der Waals surface area contributed by atoms with Crippen LogP contribution in [0.3, 0.4) is 0 Å². The number of rotatable bonds is 5. The molecule has 3 rings (SSSR count). The lowest BCUT2D eigenvalue weighted by molar-refractivity contribution is 0.590. The van der Waals surface area contributed by atoms with Gasteiger partial charge in [0.25, 0.3) is 0 Å². The van der Waals surface area contributed by atoms with Gasteiger partial charge in [-0.2, -0.15) is 0 Å². The Balaban J connectivity index is 2.11. The van der Waals surface area contributed by atoms with Crippen LogP contribution in [0.2, 0.25) is 5.02 Å². The second-order valence-corrected chi connectivity index (χ2v) is 9.15. The molecule has 4 heteroatoms. The van der Waals surface area contributed by atoms with Gasteiger partial charge in [-0.1, -0.05) is 56.6 Å². The number of aryl methyl sites for hydroxylation is 1. The van der Waals surface area contributed by atoms with E-state index < -0.39 is 0 Å². The van der Waals surface area contributed by atoms with E-state index in [1.807, 2.05) is 6.07 Å². The number of fused-ring (bicyclic) bond motifs is 1. The first-order valence-corrected chi connectivity index (χ1v) is 10.3. The van der Waals surface area contributed by atoms with E-state index in [2.05, 4.69) is 72.0 Å². The molecule has 138 valence electrons. The fourth-order valence-electron chi connectivity index (χ4n) is 3.36. The lowest BCUT2D eigenvalue weighted by Gasteiger charge is -2.19. The van der Waals surface area contributed by atoms with Crippen LogP contribution in [0.1, 0.15) is 44.7 Å². The van der Waals surface area contributed by atoms with Gasteiger partial charge in [-0.3, -0.25) is 0 Å². The summed E-state index contributed by atoms with van der Waals surface area (Å²) in [4.78, 5) is 3.62. The van der Waals surface area contributed by atoms with E-state index in [-0.39, 0.29) is 5.41 Å². The maximum absolute atomic E-state index is 6.32. The Morgan fingerprint density at radius 1 is 1.08 bits per heavy atom. The molecule has 0 aliphatic heterocycles. The zero-order valence-corrected chi connectivity index (χ0v) is 18.0. The predicted molar refractivity (Wildman–Crippen MR) is 117 cm³/mol. The fourth-order valence-corrected chi connectivity index (χ4v) is 4.27. The highest BCUT2D eigenvalue weighted by Crippen LogP contribution is 2.37.